The highest BCUT2D eigenvalue weighted by molar-refractivity contribution is 6.29. The molecule has 0 aliphatic heterocycles. The molecule has 0 saturated heterocycles. The number of carbonyl (C=O) groups excluding carboxylic acids is 1. The molecule has 0 saturated carbocycles. The first-order valence-corrected chi connectivity index (χ1v) is 7.00. The molecule has 1 N–H and O–H groups in total. The van der Waals surface area contributed by atoms with Gasteiger partial charge >= 0.3 is 0 Å². The van der Waals surface area contributed by atoms with Crippen molar-refractivity contribution in [3.05, 3.63) is 52.6 Å². The maximum atomic E-state index is 12.2. The van der Waals surface area contributed by atoms with E-state index in [0.29, 0.717) is 10.7 Å². The summed E-state index contributed by atoms with van der Waals surface area (Å²) in [6.07, 6.45) is 9.50. The third-order valence-electron chi connectivity index (χ3n) is 3.51. The largest absolute Gasteiger partial charge is 0.320 e. The molecule has 0 bridgehead atoms. The molecular weight excluding hydrogens is 274 g/mol. The summed E-state index contributed by atoms with van der Waals surface area (Å²) in [5.74, 6) is -0.185. The van der Waals surface area contributed by atoms with Crippen LogP contribution >= 0.6 is 11.6 Å². The van der Waals surface area contributed by atoms with Gasteiger partial charge in [0.05, 0.1) is 11.9 Å². The van der Waals surface area contributed by atoms with E-state index in [0.717, 1.165) is 24.9 Å². The molecule has 4 nitrogen and oxygen atoms in total. The number of nitrogens with zero attached hydrogens (tertiary/aromatic N) is 2. The van der Waals surface area contributed by atoms with Crippen LogP contribution in [0.2, 0.25) is 5.15 Å². The van der Waals surface area contributed by atoms with Crippen LogP contribution in [0.4, 0.5) is 5.69 Å². The van der Waals surface area contributed by atoms with Gasteiger partial charge in [-0.05, 0) is 48.9 Å². The number of nitrogens with one attached hydrogen (secondary N) is 1. The van der Waals surface area contributed by atoms with Crippen molar-refractivity contribution in [2.75, 3.05) is 5.32 Å². The summed E-state index contributed by atoms with van der Waals surface area (Å²) in [6.45, 7) is 0. The molecule has 0 fully saturated rings. The van der Waals surface area contributed by atoms with Crippen LogP contribution < -0.4 is 5.32 Å². The number of hydrogen-bond acceptors (Lipinski definition) is 3. The number of aromatic nitrogens is 2. The van der Waals surface area contributed by atoms with Gasteiger partial charge in [-0.15, -0.1) is 0 Å². The van der Waals surface area contributed by atoms with E-state index < -0.39 is 0 Å². The maximum absolute atomic E-state index is 12.2. The lowest BCUT2D eigenvalue weighted by Gasteiger charge is -2.18. The topological polar surface area (TPSA) is 54.9 Å². The highest BCUT2D eigenvalue weighted by atomic mass is 35.5. The van der Waals surface area contributed by atoms with E-state index in [2.05, 4.69) is 15.3 Å². The maximum Gasteiger partial charge on any atom is 0.255 e. The normalized spacial score (nSPS) is 13.7. The van der Waals surface area contributed by atoms with Gasteiger partial charge in [-0.25, -0.2) is 4.98 Å². The predicted octanol–water partition coefficient (Wildman–Crippen LogP) is 3.26. The van der Waals surface area contributed by atoms with Crippen LogP contribution in [0.25, 0.3) is 0 Å². The van der Waals surface area contributed by atoms with Crippen LogP contribution in [0.3, 0.4) is 0 Å². The zero-order valence-corrected chi connectivity index (χ0v) is 11.7. The van der Waals surface area contributed by atoms with Crippen molar-refractivity contribution in [3.63, 3.8) is 0 Å². The first-order valence-electron chi connectivity index (χ1n) is 6.63. The molecule has 3 rings (SSSR count). The number of anilines is 1. The lowest BCUT2D eigenvalue weighted by Crippen LogP contribution is -2.16. The quantitative estimate of drug-likeness (QED) is 0.863. The molecule has 0 spiro atoms. The minimum absolute atomic E-state index is 0.185. The van der Waals surface area contributed by atoms with Gasteiger partial charge in [0.15, 0.2) is 0 Å². The number of rotatable bonds is 2. The standard InChI is InChI=1S/C15H14ClN3O/c16-14-7-10(5-6-18-14)15(20)19-13-9-17-8-11-3-1-2-4-12(11)13/h5-9H,1-4H2,(H,19,20). The molecule has 0 aromatic carbocycles. The second-order valence-corrected chi connectivity index (χ2v) is 5.24. The summed E-state index contributed by atoms with van der Waals surface area (Å²) >= 11 is 5.80. The van der Waals surface area contributed by atoms with Crippen molar-refractivity contribution >= 4 is 23.2 Å². The SMILES string of the molecule is O=C(Nc1cncc2c1CCCC2)c1ccnc(Cl)c1. The van der Waals surface area contributed by atoms with Gasteiger partial charge in [-0.2, -0.15) is 0 Å². The van der Waals surface area contributed by atoms with E-state index in [1.54, 1.807) is 18.3 Å². The molecule has 5 heteroatoms. The average Bonchev–Trinajstić information content (AvgIpc) is 2.47. The van der Waals surface area contributed by atoms with Gasteiger partial charge in [0.1, 0.15) is 5.15 Å². The van der Waals surface area contributed by atoms with Gasteiger partial charge in [0.2, 0.25) is 0 Å². The highest BCUT2D eigenvalue weighted by Crippen LogP contribution is 2.27. The molecule has 1 amide bonds. The van der Waals surface area contributed by atoms with Gasteiger partial charge in [0, 0.05) is 18.0 Å². The van der Waals surface area contributed by atoms with Crippen LogP contribution in [0.5, 0.6) is 0 Å². The highest BCUT2D eigenvalue weighted by Gasteiger charge is 2.16. The molecule has 0 atom stereocenters. The smallest absolute Gasteiger partial charge is 0.255 e. The molecule has 1 aliphatic rings. The van der Waals surface area contributed by atoms with E-state index in [1.807, 2.05) is 6.20 Å². The van der Waals surface area contributed by atoms with E-state index in [1.165, 1.54) is 23.7 Å². The minimum Gasteiger partial charge on any atom is -0.320 e. The Morgan fingerprint density at radius 3 is 2.95 bits per heavy atom. The predicted molar refractivity (Wildman–Crippen MR) is 78.1 cm³/mol. The third kappa shape index (κ3) is 2.65. The Hall–Kier alpha value is -1.94. The van der Waals surface area contributed by atoms with E-state index in [-0.39, 0.29) is 5.91 Å². The molecule has 20 heavy (non-hydrogen) atoms. The van der Waals surface area contributed by atoms with Crippen molar-refractivity contribution < 1.29 is 4.79 Å². The summed E-state index contributed by atoms with van der Waals surface area (Å²) < 4.78 is 0. The van der Waals surface area contributed by atoms with Crippen molar-refractivity contribution in [1.29, 1.82) is 0 Å². The molecule has 0 radical (unpaired) electrons. The van der Waals surface area contributed by atoms with Gasteiger partial charge in [-0.3, -0.25) is 9.78 Å². The Balaban J connectivity index is 1.86. The second kappa shape index (κ2) is 5.59. The summed E-state index contributed by atoms with van der Waals surface area (Å²) in [5.41, 5.74) is 3.75. The fourth-order valence-corrected chi connectivity index (χ4v) is 2.68. The summed E-state index contributed by atoms with van der Waals surface area (Å²) in [5, 5.41) is 3.24. The third-order valence-corrected chi connectivity index (χ3v) is 3.71. The minimum atomic E-state index is -0.185. The second-order valence-electron chi connectivity index (χ2n) is 4.85. The van der Waals surface area contributed by atoms with Crippen LogP contribution in [0.1, 0.15) is 34.3 Å². The zero-order chi connectivity index (χ0) is 13.9. The first-order chi connectivity index (χ1) is 9.74. The Bertz CT molecular complexity index is 657. The summed E-state index contributed by atoms with van der Waals surface area (Å²) in [7, 11) is 0. The van der Waals surface area contributed by atoms with Crippen molar-refractivity contribution in [1.82, 2.24) is 9.97 Å². The summed E-state index contributed by atoms with van der Waals surface area (Å²) in [4.78, 5) is 20.3. The fourth-order valence-electron chi connectivity index (χ4n) is 2.50. The van der Waals surface area contributed by atoms with Crippen LogP contribution in [0.15, 0.2) is 30.7 Å². The van der Waals surface area contributed by atoms with E-state index in [9.17, 15) is 4.79 Å². The first kappa shape index (κ1) is 13.1. The Morgan fingerprint density at radius 2 is 2.10 bits per heavy atom. The number of pyridine rings is 2. The summed E-state index contributed by atoms with van der Waals surface area (Å²) in [6, 6.07) is 3.20. The van der Waals surface area contributed by atoms with Crippen molar-refractivity contribution in [2.45, 2.75) is 25.7 Å². The van der Waals surface area contributed by atoms with Crippen molar-refractivity contribution in [3.8, 4) is 0 Å². The fraction of sp³-hybridized carbons (Fsp3) is 0.267. The molecule has 2 aromatic rings. The molecule has 2 heterocycles. The van der Waals surface area contributed by atoms with E-state index >= 15 is 0 Å². The van der Waals surface area contributed by atoms with Crippen LogP contribution in [-0.4, -0.2) is 15.9 Å². The Morgan fingerprint density at radius 1 is 1.25 bits per heavy atom. The van der Waals surface area contributed by atoms with E-state index in [4.69, 9.17) is 11.6 Å². The monoisotopic (exact) mass is 287 g/mol. The number of halogens is 1. The number of fused-ring (bicyclic) bond motifs is 1. The lowest BCUT2D eigenvalue weighted by molar-refractivity contribution is 0.102. The van der Waals surface area contributed by atoms with Crippen LogP contribution in [-0.2, 0) is 12.8 Å². The molecule has 102 valence electrons. The van der Waals surface area contributed by atoms with Gasteiger partial charge in [-0.1, -0.05) is 11.6 Å². The number of aryl methyl sites for hydroxylation is 1. The molecular formula is C15H14ClN3O. The number of hydrogen-bond donors (Lipinski definition) is 1. The average molecular weight is 288 g/mol. The number of carbonyl (C=O) groups is 1. The molecule has 1 aliphatic carbocycles. The molecule has 0 unspecified atom stereocenters. The Kier molecular flexibility index (Phi) is 3.65. The van der Waals surface area contributed by atoms with Gasteiger partial charge < -0.3 is 5.32 Å². The number of amides is 1. The van der Waals surface area contributed by atoms with Crippen molar-refractivity contribution in [2.24, 2.45) is 0 Å². The lowest BCUT2D eigenvalue weighted by atomic mass is 9.92. The zero-order valence-electron chi connectivity index (χ0n) is 10.9. The molecule has 2 aromatic heterocycles. The van der Waals surface area contributed by atoms with Crippen LogP contribution in [0, 0.1) is 0 Å². The van der Waals surface area contributed by atoms with Gasteiger partial charge in [0.25, 0.3) is 5.91 Å². The Labute approximate surface area is 122 Å².